The SMILES string of the molecule is Cn1cnc(C(=O)C2CCNc3ccccc32)c1. The molecule has 1 aliphatic heterocycles. The van der Waals surface area contributed by atoms with Crippen molar-refractivity contribution >= 4 is 11.5 Å². The maximum Gasteiger partial charge on any atom is 0.190 e. The minimum absolute atomic E-state index is 0.0719. The van der Waals surface area contributed by atoms with Gasteiger partial charge in [0.25, 0.3) is 0 Å². The molecule has 0 radical (unpaired) electrons. The Morgan fingerprint density at radius 3 is 3.06 bits per heavy atom. The van der Waals surface area contributed by atoms with Crippen LogP contribution in [0.2, 0.25) is 0 Å². The second-order valence-corrected chi connectivity index (χ2v) is 4.64. The molecule has 2 heterocycles. The minimum Gasteiger partial charge on any atom is -0.385 e. The number of benzene rings is 1. The van der Waals surface area contributed by atoms with Gasteiger partial charge in [-0.05, 0) is 18.1 Å². The van der Waals surface area contributed by atoms with Gasteiger partial charge < -0.3 is 9.88 Å². The fourth-order valence-electron chi connectivity index (χ4n) is 2.46. The molecular formula is C14H15N3O. The second kappa shape index (κ2) is 4.29. The molecule has 1 N–H and O–H groups in total. The van der Waals surface area contributed by atoms with Crippen LogP contribution in [0.5, 0.6) is 0 Å². The molecule has 4 nitrogen and oxygen atoms in total. The van der Waals surface area contributed by atoms with Gasteiger partial charge in [-0.1, -0.05) is 18.2 Å². The Balaban J connectivity index is 1.96. The highest BCUT2D eigenvalue weighted by atomic mass is 16.1. The molecule has 2 aromatic rings. The summed E-state index contributed by atoms with van der Waals surface area (Å²) in [5.74, 6) is 0.0434. The Labute approximate surface area is 106 Å². The van der Waals surface area contributed by atoms with Crippen molar-refractivity contribution in [2.75, 3.05) is 11.9 Å². The molecule has 0 bridgehead atoms. The number of nitrogens with zero attached hydrogens (tertiary/aromatic N) is 2. The lowest BCUT2D eigenvalue weighted by Gasteiger charge is -2.25. The highest BCUT2D eigenvalue weighted by molar-refractivity contribution is 6.00. The highest BCUT2D eigenvalue weighted by Crippen LogP contribution is 2.33. The standard InChI is InChI=1S/C14H15N3O/c1-17-8-13(16-9-17)14(18)11-6-7-15-12-5-3-2-4-10(11)12/h2-5,8-9,11,15H,6-7H2,1H3. The molecule has 0 saturated carbocycles. The van der Waals surface area contributed by atoms with Crippen molar-refractivity contribution in [3.8, 4) is 0 Å². The third kappa shape index (κ3) is 1.79. The molecular weight excluding hydrogens is 226 g/mol. The normalized spacial score (nSPS) is 17.9. The number of hydrogen-bond donors (Lipinski definition) is 1. The Morgan fingerprint density at radius 2 is 2.28 bits per heavy atom. The van der Waals surface area contributed by atoms with Crippen LogP contribution >= 0.6 is 0 Å². The number of carbonyl (C=O) groups is 1. The predicted octanol–water partition coefficient (Wildman–Crippen LogP) is 2.20. The first-order valence-corrected chi connectivity index (χ1v) is 6.10. The lowest BCUT2D eigenvalue weighted by atomic mass is 9.86. The summed E-state index contributed by atoms with van der Waals surface area (Å²) in [4.78, 5) is 16.6. The smallest absolute Gasteiger partial charge is 0.190 e. The molecule has 92 valence electrons. The number of para-hydroxylation sites is 1. The summed E-state index contributed by atoms with van der Waals surface area (Å²) in [5.41, 5.74) is 2.71. The Kier molecular flexibility index (Phi) is 2.63. The van der Waals surface area contributed by atoms with Gasteiger partial charge in [0, 0.05) is 25.5 Å². The number of aromatic nitrogens is 2. The van der Waals surface area contributed by atoms with Gasteiger partial charge in [0.15, 0.2) is 5.78 Å². The molecule has 4 heteroatoms. The molecule has 1 unspecified atom stereocenters. The van der Waals surface area contributed by atoms with Crippen molar-refractivity contribution < 1.29 is 4.79 Å². The average Bonchev–Trinajstić information content (AvgIpc) is 2.84. The van der Waals surface area contributed by atoms with Gasteiger partial charge in [-0.3, -0.25) is 4.79 Å². The molecule has 1 aromatic carbocycles. The van der Waals surface area contributed by atoms with E-state index >= 15 is 0 Å². The highest BCUT2D eigenvalue weighted by Gasteiger charge is 2.28. The summed E-state index contributed by atoms with van der Waals surface area (Å²) >= 11 is 0. The molecule has 0 amide bonds. The largest absolute Gasteiger partial charge is 0.385 e. The monoisotopic (exact) mass is 241 g/mol. The summed E-state index contributed by atoms with van der Waals surface area (Å²) < 4.78 is 1.81. The van der Waals surface area contributed by atoms with Crippen molar-refractivity contribution in [1.82, 2.24) is 9.55 Å². The summed E-state index contributed by atoms with van der Waals surface area (Å²) in [6.07, 6.45) is 4.28. The van der Waals surface area contributed by atoms with Crippen molar-refractivity contribution in [2.45, 2.75) is 12.3 Å². The van der Waals surface area contributed by atoms with Gasteiger partial charge in [-0.25, -0.2) is 4.98 Å². The Hall–Kier alpha value is -2.10. The Morgan fingerprint density at radius 1 is 1.44 bits per heavy atom. The molecule has 3 rings (SSSR count). The number of carbonyl (C=O) groups excluding carboxylic acids is 1. The van der Waals surface area contributed by atoms with Gasteiger partial charge in [-0.15, -0.1) is 0 Å². The Bertz CT molecular complexity index is 588. The van der Waals surface area contributed by atoms with Crippen LogP contribution < -0.4 is 5.32 Å². The molecule has 1 atom stereocenters. The van der Waals surface area contributed by atoms with Crippen molar-refractivity contribution in [3.63, 3.8) is 0 Å². The molecule has 0 fully saturated rings. The van der Waals surface area contributed by atoms with Crippen LogP contribution in [0.1, 0.15) is 28.4 Å². The maximum atomic E-state index is 12.5. The maximum absolute atomic E-state index is 12.5. The molecule has 1 aliphatic rings. The zero-order valence-electron chi connectivity index (χ0n) is 10.3. The topological polar surface area (TPSA) is 46.9 Å². The summed E-state index contributed by atoms with van der Waals surface area (Å²) in [5, 5.41) is 3.33. The van der Waals surface area contributed by atoms with E-state index in [1.54, 1.807) is 17.1 Å². The van der Waals surface area contributed by atoms with E-state index in [4.69, 9.17) is 0 Å². The van der Waals surface area contributed by atoms with E-state index in [2.05, 4.69) is 10.3 Å². The number of hydrogen-bond acceptors (Lipinski definition) is 3. The predicted molar refractivity (Wildman–Crippen MR) is 69.8 cm³/mol. The van der Waals surface area contributed by atoms with Gasteiger partial charge in [0.05, 0.1) is 12.2 Å². The molecule has 18 heavy (non-hydrogen) atoms. The van der Waals surface area contributed by atoms with Crippen molar-refractivity contribution in [2.24, 2.45) is 7.05 Å². The van der Waals surface area contributed by atoms with Gasteiger partial charge >= 0.3 is 0 Å². The van der Waals surface area contributed by atoms with E-state index in [1.165, 1.54) is 0 Å². The first-order chi connectivity index (χ1) is 8.75. The first-order valence-electron chi connectivity index (χ1n) is 6.10. The molecule has 0 saturated heterocycles. The quantitative estimate of drug-likeness (QED) is 0.820. The molecule has 1 aromatic heterocycles. The van der Waals surface area contributed by atoms with Crippen LogP contribution in [0.25, 0.3) is 0 Å². The summed E-state index contributed by atoms with van der Waals surface area (Å²) in [7, 11) is 1.88. The van der Waals surface area contributed by atoms with Crippen LogP contribution in [0.3, 0.4) is 0 Å². The lowest BCUT2D eigenvalue weighted by molar-refractivity contribution is 0.0951. The van der Waals surface area contributed by atoms with E-state index in [-0.39, 0.29) is 11.7 Å². The lowest BCUT2D eigenvalue weighted by Crippen LogP contribution is -2.23. The number of rotatable bonds is 2. The van der Waals surface area contributed by atoms with E-state index in [9.17, 15) is 4.79 Å². The average molecular weight is 241 g/mol. The number of Topliss-reactive ketones (excluding diaryl/α,β-unsaturated/α-hetero) is 1. The van der Waals surface area contributed by atoms with Crippen LogP contribution in [0.15, 0.2) is 36.8 Å². The van der Waals surface area contributed by atoms with E-state index in [0.717, 1.165) is 24.2 Å². The number of fused-ring (bicyclic) bond motifs is 1. The van der Waals surface area contributed by atoms with Crippen LogP contribution in [0, 0.1) is 0 Å². The number of imidazole rings is 1. The van der Waals surface area contributed by atoms with Crippen LogP contribution in [-0.4, -0.2) is 21.9 Å². The van der Waals surface area contributed by atoms with Crippen LogP contribution in [-0.2, 0) is 7.05 Å². The third-order valence-electron chi connectivity index (χ3n) is 3.36. The van der Waals surface area contributed by atoms with E-state index in [1.807, 2.05) is 31.3 Å². The van der Waals surface area contributed by atoms with Crippen molar-refractivity contribution in [3.05, 3.63) is 48.0 Å². The number of nitrogens with one attached hydrogen (secondary N) is 1. The van der Waals surface area contributed by atoms with Crippen molar-refractivity contribution in [1.29, 1.82) is 0 Å². The molecule has 0 aliphatic carbocycles. The van der Waals surface area contributed by atoms with Crippen LogP contribution in [0.4, 0.5) is 5.69 Å². The summed E-state index contributed by atoms with van der Waals surface area (Å²) in [6, 6.07) is 8.00. The summed E-state index contributed by atoms with van der Waals surface area (Å²) in [6.45, 7) is 0.834. The molecule has 0 spiro atoms. The fraction of sp³-hybridized carbons (Fsp3) is 0.286. The minimum atomic E-state index is -0.0719. The fourth-order valence-corrected chi connectivity index (χ4v) is 2.46. The van der Waals surface area contributed by atoms with Gasteiger partial charge in [0.1, 0.15) is 5.69 Å². The third-order valence-corrected chi connectivity index (χ3v) is 3.36. The zero-order valence-corrected chi connectivity index (χ0v) is 10.3. The number of aryl methyl sites for hydroxylation is 1. The zero-order chi connectivity index (χ0) is 12.5. The number of anilines is 1. The van der Waals surface area contributed by atoms with E-state index in [0.29, 0.717) is 5.69 Å². The van der Waals surface area contributed by atoms with Gasteiger partial charge in [-0.2, -0.15) is 0 Å². The second-order valence-electron chi connectivity index (χ2n) is 4.64. The van der Waals surface area contributed by atoms with Gasteiger partial charge in [0.2, 0.25) is 0 Å². The first kappa shape index (κ1) is 11.0. The number of ketones is 1. The van der Waals surface area contributed by atoms with E-state index < -0.39 is 0 Å².